The van der Waals surface area contributed by atoms with Crippen molar-refractivity contribution >= 4 is 21.8 Å². The first-order valence-corrected chi connectivity index (χ1v) is 7.73. The molecule has 0 N–H and O–H groups in total. The van der Waals surface area contributed by atoms with Gasteiger partial charge in [0.05, 0.1) is 4.47 Å². The van der Waals surface area contributed by atoms with Gasteiger partial charge >= 0.3 is 0 Å². The van der Waals surface area contributed by atoms with E-state index in [1.807, 2.05) is 18.0 Å². The second-order valence-corrected chi connectivity index (χ2v) is 6.33. The second-order valence-electron chi connectivity index (χ2n) is 5.48. The maximum absolute atomic E-state index is 12.6. The van der Waals surface area contributed by atoms with E-state index in [1.54, 1.807) is 6.07 Å². The van der Waals surface area contributed by atoms with Crippen LogP contribution in [0.2, 0.25) is 0 Å². The maximum atomic E-state index is 12.6. The average Bonchev–Trinajstić information content (AvgIpc) is 3.29. The van der Waals surface area contributed by atoms with E-state index in [9.17, 15) is 4.79 Å². The molecule has 5 heteroatoms. The lowest BCUT2D eigenvalue weighted by Crippen LogP contribution is -2.36. The van der Waals surface area contributed by atoms with Crippen molar-refractivity contribution in [3.8, 4) is 11.5 Å². The van der Waals surface area contributed by atoms with Gasteiger partial charge in [-0.2, -0.15) is 0 Å². The zero-order valence-electron chi connectivity index (χ0n) is 11.7. The van der Waals surface area contributed by atoms with Crippen molar-refractivity contribution in [3.05, 3.63) is 22.2 Å². The molecule has 1 amide bonds. The van der Waals surface area contributed by atoms with Crippen LogP contribution >= 0.6 is 15.9 Å². The Labute approximate surface area is 127 Å². The van der Waals surface area contributed by atoms with E-state index in [0.717, 1.165) is 4.47 Å². The molecule has 1 aromatic rings. The molecule has 1 aliphatic heterocycles. The molecule has 0 radical (unpaired) electrons. The molecule has 0 aromatic heterocycles. The molecule has 0 unspecified atom stereocenters. The van der Waals surface area contributed by atoms with E-state index in [1.165, 1.54) is 12.8 Å². The zero-order chi connectivity index (χ0) is 14.3. The molecule has 1 atom stereocenters. The molecule has 1 aromatic carbocycles. The zero-order valence-corrected chi connectivity index (χ0v) is 13.3. The number of carbonyl (C=O) groups is 1. The summed E-state index contributed by atoms with van der Waals surface area (Å²) in [6, 6.07) is 3.87. The molecule has 1 aliphatic carbocycles. The standard InChI is InChI=1S/C15H18BrNO3/c1-9(10-3-4-10)17(2)15(18)11-7-12(16)14-13(8-11)19-5-6-20-14/h7-10H,3-6H2,1-2H3/t9-/m1/s1. The van der Waals surface area contributed by atoms with Gasteiger partial charge in [-0.3, -0.25) is 4.79 Å². The van der Waals surface area contributed by atoms with Crippen LogP contribution in [0.4, 0.5) is 0 Å². The van der Waals surface area contributed by atoms with Gasteiger partial charge in [0.2, 0.25) is 0 Å². The number of ether oxygens (including phenoxy) is 2. The van der Waals surface area contributed by atoms with Crippen molar-refractivity contribution in [2.45, 2.75) is 25.8 Å². The summed E-state index contributed by atoms with van der Waals surface area (Å²) in [6.07, 6.45) is 2.45. The summed E-state index contributed by atoms with van der Waals surface area (Å²) in [5.41, 5.74) is 0.635. The van der Waals surface area contributed by atoms with Crippen molar-refractivity contribution in [3.63, 3.8) is 0 Å². The van der Waals surface area contributed by atoms with E-state index in [4.69, 9.17) is 9.47 Å². The smallest absolute Gasteiger partial charge is 0.254 e. The molecule has 2 aliphatic rings. The number of carbonyl (C=O) groups excluding carboxylic acids is 1. The van der Waals surface area contributed by atoms with Crippen LogP contribution in [0.1, 0.15) is 30.1 Å². The molecule has 0 bridgehead atoms. The van der Waals surface area contributed by atoms with Gasteiger partial charge in [0.25, 0.3) is 5.91 Å². The van der Waals surface area contributed by atoms with Gasteiger partial charge in [-0.05, 0) is 53.7 Å². The van der Waals surface area contributed by atoms with Gasteiger partial charge < -0.3 is 14.4 Å². The van der Waals surface area contributed by atoms with Crippen molar-refractivity contribution in [1.82, 2.24) is 4.90 Å². The monoisotopic (exact) mass is 339 g/mol. The number of nitrogens with zero attached hydrogens (tertiary/aromatic N) is 1. The highest BCUT2D eigenvalue weighted by Crippen LogP contribution is 2.39. The Hall–Kier alpha value is -1.23. The molecule has 1 fully saturated rings. The van der Waals surface area contributed by atoms with E-state index in [2.05, 4.69) is 22.9 Å². The van der Waals surface area contributed by atoms with Gasteiger partial charge in [0.15, 0.2) is 11.5 Å². The lowest BCUT2D eigenvalue weighted by molar-refractivity contribution is 0.0726. The summed E-state index contributed by atoms with van der Waals surface area (Å²) in [5.74, 6) is 2.01. The maximum Gasteiger partial charge on any atom is 0.254 e. The number of rotatable bonds is 3. The molecule has 20 heavy (non-hydrogen) atoms. The molecular formula is C15H18BrNO3. The summed E-state index contributed by atoms with van der Waals surface area (Å²) in [7, 11) is 1.87. The highest BCUT2D eigenvalue weighted by molar-refractivity contribution is 9.10. The Morgan fingerprint density at radius 3 is 2.75 bits per heavy atom. The van der Waals surface area contributed by atoms with Gasteiger partial charge in [-0.1, -0.05) is 0 Å². The molecule has 1 saturated carbocycles. The minimum absolute atomic E-state index is 0.0297. The Morgan fingerprint density at radius 2 is 2.05 bits per heavy atom. The lowest BCUT2D eigenvalue weighted by atomic mass is 10.1. The summed E-state index contributed by atoms with van der Waals surface area (Å²) in [6.45, 7) is 3.17. The second kappa shape index (κ2) is 5.28. The number of fused-ring (bicyclic) bond motifs is 1. The first kappa shape index (κ1) is 13.7. The van der Waals surface area contributed by atoms with Crippen LogP contribution in [0.3, 0.4) is 0 Å². The first-order chi connectivity index (χ1) is 9.58. The number of benzene rings is 1. The van der Waals surface area contributed by atoms with Crippen LogP contribution in [0.15, 0.2) is 16.6 Å². The molecule has 108 valence electrons. The van der Waals surface area contributed by atoms with Gasteiger partial charge in [0, 0.05) is 18.7 Å². The van der Waals surface area contributed by atoms with Gasteiger partial charge in [0.1, 0.15) is 13.2 Å². The van der Waals surface area contributed by atoms with Crippen molar-refractivity contribution in [2.75, 3.05) is 20.3 Å². The molecule has 4 nitrogen and oxygen atoms in total. The third-order valence-corrected chi connectivity index (χ3v) is 4.67. The predicted octanol–water partition coefficient (Wildman–Crippen LogP) is 3.09. The van der Waals surface area contributed by atoms with E-state index >= 15 is 0 Å². The normalized spacial score (nSPS) is 18.6. The largest absolute Gasteiger partial charge is 0.486 e. The van der Waals surface area contributed by atoms with E-state index < -0.39 is 0 Å². The lowest BCUT2D eigenvalue weighted by Gasteiger charge is -2.26. The third kappa shape index (κ3) is 2.51. The molecular weight excluding hydrogens is 322 g/mol. The van der Waals surface area contributed by atoms with E-state index in [0.29, 0.717) is 36.2 Å². The minimum Gasteiger partial charge on any atom is -0.486 e. The van der Waals surface area contributed by atoms with E-state index in [-0.39, 0.29) is 11.9 Å². The number of hydrogen-bond donors (Lipinski definition) is 0. The fourth-order valence-electron chi connectivity index (χ4n) is 2.52. The van der Waals surface area contributed by atoms with Crippen LogP contribution in [0.25, 0.3) is 0 Å². The Morgan fingerprint density at radius 1 is 1.35 bits per heavy atom. The van der Waals surface area contributed by atoms with Crippen molar-refractivity contribution in [1.29, 1.82) is 0 Å². The van der Waals surface area contributed by atoms with Crippen LogP contribution < -0.4 is 9.47 Å². The average molecular weight is 340 g/mol. The summed E-state index contributed by atoms with van der Waals surface area (Å²) < 4.78 is 11.9. The number of hydrogen-bond acceptors (Lipinski definition) is 3. The molecule has 3 rings (SSSR count). The minimum atomic E-state index is 0.0297. The van der Waals surface area contributed by atoms with Crippen molar-refractivity contribution < 1.29 is 14.3 Å². The quantitative estimate of drug-likeness (QED) is 0.849. The van der Waals surface area contributed by atoms with Crippen LogP contribution in [0, 0.1) is 5.92 Å². The summed E-state index contributed by atoms with van der Waals surface area (Å²) >= 11 is 3.45. The fourth-order valence-corrected chi connectivity index (χ4v) is 3.07. The molecule has 0 saturated heterocycles. The Bertz CT molecular complexity index is 542. The van der Waals surface area contributed by atoms with Gasteiger partial charge in [-0.25, -0.2) is 0 Å². The fraction of sp³-hybridized carbons (Fsp3) is 0.533. The first-order valence-electron chi connectivity index (χ1n) is 6.94. The van der Waals surface area contributed by atoms with Crippen LogP contribution in [0.5, 0.6) is 11.5 Å². The highest BCUT2D eigenvalue weighted by Gasteiger charge is 2.33. The van der Waals surface area contributed by atoms with Crippen LogP contribution in [-0.4, -0.2) is 37.1 Å². The van der Waals surface area contributed by atoms with Crippen LogP contribution in [-0.2, 0) is 0 Å². The van der Waals surface area contributed by atoms with Crippen molar-refractivity contribution in [2.24, 2.45) is 5.92 Å². The Kier molecular flexibility index (Phi) is 3.63. The third-order valence-electron chi connectivity index (χ3n) is 4.08. The number of amides is 1. The summed E-state index contributed by atoms with van der Waals surface area (Å²) in [4.78, 5) is 14.4. The predicted molar refractivity (Wildman–Crippen MR) is 79.4 cm³/mol. The SMILES string of the molecule is C[C@H](C1CC1)N(C)C(=O)c1cc(Br)c2c(c1)OCCO2. The topological polar surface area (TPSA) is 38.8 Å². The Balaban J connectivity index is 1.85. The van der Waals surface area contributed by atoms with Gasteiger partial charge in [-0.15, -0.1) is 0 Å². The summed E-state index contributed by atoms with van der Waals surface area (Å²) in [5, 5.41) is 0. The highest BCUT2D eigenvalue weighted by atomic mass is 79.9. The molecule has 1 heterocycles. The number of halogens is 1. The molecule has 0 spiro atoms.